The number of amides is 1. The van der Waals surface area contributed by atoms with Crippen LogP contribution in [0.5, 0.6) is 5.75 Å². The van der Waals surface area contributed by atoms with Gasteiger partial charge in [-0.2, -0.15) is 13.2 Å². The first kappa shape index (κ1) is 29.4. The normalized spacial score (nSPS) is 19.8. The topological polar surface area (TPSA) is 110 Å². The molecule has 10 nitrogen and oxygen atoms in total. The number of hydrogen-bond acceptors (Lipinski definition) is 8. The number of rotatable bonds is 10. The highest BCUT2D eigenvalue weighted by Crippen LogP contribution is 2.38. The predicted molar refractivity (Wildman–Crippen MR) is 143 cm³/mol. The number of ether oxygens (including phenoxy) is 2. The van der Waals surface area contributed by atoms with Crippen LogP contribution in [-0.4, -0.2) is 72.3 Å². The van der Waals surface area contributed by atoms with E-state index in [1.165, 1.54) is 6.07 Å². The summed E-state index contributed by atoms with van der Waals surface area (Å²) in [5.74, 6) is 1.58. The third kappa shape index (κ3) is 7.74. The van der Waals surface area contributed by atoms with Gasteiger partial charge in [-0.15, -0.1) is 0 Å². The molecule has 2 fully saturated rings. The molecule has 13 heteroatoms. The number of nitrogens with zero attached hydrogens (tertiary/aromatic N) is 4. The zero-order valence-electron chi connectivity index (χ0n) is 22.4. The van der Waals surface area contributed by atoms with E-state index in [4.69, 9.17) is 9.47 Å². The molecular formula is C27H34F3N5O5. The minimum atomic E-state index is -4.82. The summed E-state index contributed by atoms with van der Waals surface area (Å²) in [7, 11) is 0. The molecular weight excluding hydrogens is 531 g/mol. The Morgan fingerprint density at radius 2 is 1.85 bits per heavy atom. The van der Waals surface area contributed by atoms with Gasteiger partial charge < -0.3 is 24.6 Å². The third-order valence-electron chi connectivity index (χ3n) is 7.18. The number of pyridine rings is 1. The number of alkyl halides is 3. The highest BCUT2D eigenvalue weighted by atomic mass is 19.4. The number of carbonyl (C=O) groups is 1. The summed E-state index contributed by atoms with van der Waals surface area (Å²) in [5.41, 5.74) is -2.01. The molecule has 4 rings (SSSR count). The highest BCUT2D eigenvalue weighted by Gasteiger charge is 2.38. The van der Waals surface area contributed by atoms with Gasteiger partial charge in [0.25, 0.3) is 5.69 Å². The minimum Gasteiger partial charge on any atom is -0.490 e. The van der Waals surface area contributed by atoms with Gasteiger partial charge in [0.15, 0.2) is 0 Å². The molecule has 2 heterocycles. The third-order valence-corrected chi connectivity index (χ3v) is 7.18. The van der Waals surface area contributed by atoms with Crippen LogP contribution in [0.15, 0.2) is 36.5 Å². The maximum Gasteiger partial charge on any atom is 0.423 e. The lowest BCUT2D eigenvalue weighted by Crippen LogP contribution is -2.49. The number of nitro groups is 1. The Bertz CT molecular complexity index is 1170. The first-order valence-corrected chi connectivity index (χ1v) is 13.5. The molecule has 0 unspecified atom stereocenters. The van der Waals surface area contributed by atoms with Gasteiger partial charge in [0.1, 0.15) is 17.1 Å². The van der Waals surface area contributed by atoms with Crippen LogP contribution in [0.3, 0.4) is 0 Å². The van der Waals surface area contributed by atoms with Crippen molar-refractivity contribution in [3.05, 3.63) is 52.2 Å². The van der Waals surface area contributed by atoms with Crippen LogP contribution >= 0.6 is 0 Å². The van der Waals surface area contributed by atoms with Gasteiger partial charge in [0.2, 0.25) is 5.91 Å². The van der Waals surface area contributed by atoms with Crippen molar-refractivity contribution in [3.63, 3.8) is 0 Å². The number of halogens is 3. The lowest BCUT2D eigenvalue weighted by molar-refractivity contribution is -0.388. The molecule has 1 saturated carbocycles. The first-order chi connectivity index (χ1) is 19.1. The molecule has 1 aliphatic heterocycles. The summed E-state index contributed by atoms with van der Waals surface area (Å²) in [5, 5.41) is 14.1. The molecule has 218 valence electrons. The average molecular weight is 566 g/mol. The van der Waals surface area contributed by atoms with Gasteiger partial charge in [-0.25, -0.2) is 4.98 Å². The van der Waals surface area contributed by atoms with E-state index in [1.54, 1.807) is 12.3 Å². The number of anilines is 2. The monoisotopic (exact) mass is 565 g/mol. The van der Waals surface area contributed by atoms with E-state index >= 15 is 0 Å². The molecule has 2 aliphatic rings. The Morgan fingerprint density at radius 3 is 2.50 bits per heavy atom. The van der Waals surface area contributed by atoms with Crippen LogP contribution in [0.1, 0.15) is 44.6 Å². The molecule has 1 aliphatic carbocycles. The van der Waals surface area contributed by atoms with Crippen LogP contribution in [0.25, 0.3) is 0 Å². The number of hydrogen-bond donors (Lipinski definition) is 1. The average Bonchev–Trinajstić information content (AvgIpc) is 2.94. The fraction of sp³-hybridized carbons (Fsp3) is 0.556. The van der Waals surface area contributed by atoms with Gasteiger partial charge in [-0.3, -0.25) is 14.9 Å². The van der Waals surface area contributed by atoms with Gasteiger partial charge in [0.05, 0.1) is 24.1 Å². The standard InChI is InChI=1S/C27H34F3N5O5/c1-2-39-16-10-26(36)34-14-12-33(13-15-34)25-18-22(9-11-31-25)40-21-6-3-19(4-7-21)32-20-5-8-24(35(37)38)23(17-20)27(28,29)30/h5,8-9,11,17-19,21,32H,2-4,6-7,10,12-16H2,1H3/t19-,21-. The number of benzene rings is 1. The Morgan fingerprint density at radius 1 is 1.12 bits per heavy atom. The summed E-state index contributed by atoms with van der Waals surface area (Å²) >= 11 is 0. The lowest BCUT2D eigenvalue weighted by Gasteiger charge is -2.35. The van der Waals surface area contributed by atoms with E-state index in [1.807, 2.05) is 17.9 Å². The quantitative estimate of drug-likeness (QED) is 0.247. The molecule has 1 amide bonds. The summed E-state index contributed by atoms with van der Waals surface area (Å²) < 4.78 is 51.4. The maximum absolute atomic E-state index is 13.3. The van der Waals surface area contributed by atoms with E-state index in [0.29, 0.717) is 77.2 Å². The van der Waals surface area contributed by atoms with Crippen molar-refractivity contribution in [2.45, 2.75) is 57.3 Å². The fourth-order valence-corrected chi connectivity index (χ4v) is 5.06. The number of nitrogens with one attached hydrogen (secondary N) is 1. The lowest BCUT2D eigenvalue weighted by atomic mass is 9.92. The van der Waals surface area contributed by atoms with Crippen molar-refractivity contribution in [1.29, 1.82) is 0 Å². The summed E-state index contributed by atoms with van der Waals surface area (Å²) in [6.07, 6.45) is -0.00596. The second-order valence-electron chi connectivity index (χ2n) is 9.89. The molecule has 1 N–H and O–H groups in total. The SMILES string of the molecule is CCOCCC(=O)N1CCN(c2cc(O[C@H]3CC[C@H](Nc4ccc([N+](=O)[O-])c(C(F)(F)F)c4)CC3)ccn2)CC1. The van der Waals surface area contributed by atoms with Crippen LogP contribution in [-0.2, 0) is 15.7 Å². The molecule has 0 atom stereocenters. The molecule has 1 saturated heterocycles. The fourth-order valence-electron chi connectivity index (χ4n) is 5.06. The van der Waals surface area contributed by atoms with Crippen LogP contribution < -0.4 is 15.0 Å². The number of carbonyl (C=O) groups excluding carboxylic acids is 1. The smallest absolute Gasteiger partial charge is 0.423 e. The van der Waals surface area contributed by atoms with E-state index < -0.39 is 22.4 Å². The van der Waals surface area contributed by atoms with Crippen LogP contribution in [0.4, 0.5) is 30.4 Å². The Kier molecular flexibility index (Phi) is 9.67. The first-order valence-electron chi connectivity index (χ1n) is 13.5. The van der Waals surface area contributed by atoms with E-state index in [-0.39, 0.29) is 23.7 Å². The van der Waals surface area contributed by atoms with E-state index in [2.05, 4.69) is 15.2 Å². The number of nitro benzene ring substituents is 1. The maximum atomic E-state index is 13.3. The Hall–Kier alpha value is -3.61. The van der Waals surface area contributed by atoms with Crippen LogP contribution in [0, 0.1) is 10.1 Å². The van der Waals surface area contributed by atoms with E-state index in [9.17, 15) is 28.1 Å². The van der Waals surface area contributed by atoms with E-state index in [0.717, 1.165) is 18.0 Å². The summed E-state index contributed by atoms with van der Waals surface area (Å²) in [4.78, 5) is 30.7. The molecule has 0 spiro atoms. The molecule has 0 bridgehead atoms. The van der Waals surface area contributed by atoms with Gasteiger partial charge >= 0.3 is 6.18 Å². The zero-order chi connectivity index (χ0) is 28.7. The Balaban J connectivity index is 1.26. The van der Waals surface area contributed by atoms with Gasteiger partial charge in [0, 0.05) is 62.8 Å². The number of piperazine rings is 1. The van der Waals surface area contributed by atoms with Crippen LogP contribution in [0.2, 0.25) is 0 Å². The zero-order valence-corrected chi connectivity index (χ0v) is 22.4. The summed E-state index contributed by atoms with van der Waals surface area (Å²) in [6.45, 7) is 5.52. The van der Waals surface area contributed by atoms with Crippen molar-refractivity contribution in [2.75, 3.05) is 49.6 Å². The summed E-state index contributed by atoms with van der Waals surface area (Å²) in [6, 6.07) is 6.63. The van der Waals surface area contributed by atoms with Crippen molar-refractivity contribution in [3.8, 4) is 5.75 Å². The highest BCUT2D eigenvalue weighted by molar-refractivity contribution is 5.76. The van der Waals surface area contributed by atoms with Crippen molar-refractivity contribution in [2.24, 2.45) is 0 Å². The molecule has 2 aromatic rings. The Labute approximate surface area is 230 Å². The molecule has 40 heavy (non-hydrogen) atoms. The van der Waals surface area contributed by atoms with Crippen molar-refractivity contribution in [1.82, 2.24) is 9.88 Å². The van der Waals surface area contributed by atoms with Crippen molar-refractivity contribution < 1.29 is 32.4 Å². The second kappa shape index (κ2) is 13.2. The molecule has 1 aromatic carbocycles. The molecule has 1 aromatic heterocycles. The minimum absolute atomic E-state index is 0.0456. The molecule has 0 radical (unpaired) electrons. The predicted octanol–water partition coefficient (Wildman–Crippen LogP) is 4.89. The second-order valence-corrected chi connectivity index (χ2v) is 9.89. The largest absolute Gasteiger partial charge is 0.490 e. The van der Waals surface area contributed by atoms with Gasteiger partial charge in [-0.05, 0) is 50.8 Å². The van der Waals surface area contributed by atoms with Gasteiger partial charge in [-0.1, -0.05) is 0 Å². The number of aromatic nitrogens is 1. The van der Waals surface area contributed by atoms with Crippen molar-refractivity contribution >= 4 is 23.1 Å².